The number of benzene rings is 1. The zero-order chi connectivity index (χ0) is 17.3. The van der Waals surface area contributed by atoms with Crippen LogP contribution in [0.1, 0.15) is 22.5 Å². The zero-order valence-electron chi connectivity index (χ0n) is 13.8. The van der Waals surface area contributed by atoms with Crippen LogP contribution in [-0.4, -0.2) is 41.3 Å². The molecule has 4 nitrogen and oxygen atoms in total. The van der Waals surface area contributed by atoms with Crippen molar-refractivity contribution < 1.29 is 13.2 Å². The molecule has 1 aliphatic heterocycles. The maximum absolute atomic E-state index is 12.6. The Balaban J connectivity index is 1.58. The second kappa shape index (κ2) is 6.47. The van der Waals surface area contributed by atoms with Gasteiger partial charge < -0.3 is 4.90 Å². The predicted molar refractivity (Wildman–Crippen MR) is 87.0 cm³/mol. The Labute approximate surface area is 139 Å². The molecule has 24 heavy (non-hydrogen) atoms. The van der Waals surface area contributed by atoms with E-state index >= 15 is 0 Å². The van der Waals surface area contributed by atoms with Crippen LogP contribution in [0.3, 0.4) is 0 Å². The van der Waals surface area contributed by atoms with Crippen molar-refractivity contribution in [2.24, 2.45) is 0 Å². The molecule has 3 rings (SSSR count). The molecule has 1 fully saturated rings. The van der Waals surface area contributed by atoms with Gasteiger partial charge in [0.25, 0.3) is 0 Å². The molecule has 2 aromatic rings. The van der Waals surface area contributed by atoms with Crippen LogP contribution in [0.25, 0.3) is 0 Å². The molecule has 1 N–H and O–H groups in total. The summed E-state index contributed by atoms with van der Waals surface area (Å²) in [4.78, 5) is 4.58. The first-order chi connectivity index (χ1) is 11.3. The number of hydrogen-bond donors (Lipinski definition) is 1. The Hall–Kier alpha value is -2.02. The quantitative estimate of drug-likeness (QED) is 0.932. The molecule has 1 saturated heterocycles. The predicted octanol–water partition coefficient (Wildman–Crippen LogP) is 3.37. The van der Waals surface area contributed by atoms with Gasteiger partial charge in [0, 0.05) is 32.7 Å². The second-order valence-electron chi connectivity index (χ2n) is 6.24. The van der Waals surface area contributed by atoms with Gasteiger partial charge >= 0.3 is 6.18 Å². The van der Waals surface area contributed by atoms with Gasteiger partial charge in [-0.2, -0.15) is 18.3 Å². The normalized spacial score (nSPS) is 16.6. The fourth-order valence-electron chi connectivity index (χ4n) is 3.20. The average Bonchev–Trinajstić information content (AvgIpc) is 2.87. The van der Waals surface area contributed by atoms with E-state index in [0.29, 0.717) is 6.54 Å². The van der Waals surface area contributed by atoms with E-state index in [2.05, 4.69) is 20.0 Å². The van der Waals surface area contributed by atoms with Gasteiger partial charge in [-0.25, -0.2) is 0 Å². The SMILES string of the molecule is Cc1n[nH]c(C)c1N1CCN(Cc2ccc(C(F)(F)F)cc2)CC1. The van der Waals surface area contributed by atoms with Crippen LogP contribution in [0.2, 0.25) is 0 Å². The van der Waals surface area contributed by atoms with E-state index < -0.39 is 11.7 Å². The number of aryl methyl sites for hydroxylation is 2. The number of hydrogen-bond acceptors (Lipinski definition) is 3. The highest BCUT2D eigenvalue weighted by atomic mass is 19.4. The number of rotatable bonds is 3. The summed E-state index contributed by atoms with van der Waals surface area (Å²) in [5.41, 5.74) is 3.56. The van der Waals surface area contributed by atoms with Gasteiger partial charge in [-0.1, -0.05) is 12.1 Å². The molecule has 1 aliphatic rings. The van der Waals surface area contributed by atoms with E-state index in [1.165, 1.54) is 5.69 Å². The first-order valence-electron chi connectivity index (χ1n) is 7.99. The minimum absolute atomic E-state index is 0.595. The lowest BCUT2D eigenvalue weighted by Gasteiger charge is -2.36. The minimum atomic E-state index is -4.27. The number of nitrogens with zero attached hydrogens (tertiary/aromatic N) is 3. The molecule has 1 aromatic heterocycles. The molecular formula is C17H21F3N4. The van der Waals surface area contributed by atoms with E-state index in [1.54, 1.807) is 12.1 Å². The van der Waals surface area contributed by atoms with E-state index in [-0.39, 0.29) is 0 Å². The Morgan fingerprint density at radius 1 is 1.04 bits per heavy atom. The second-order valence-corrected chi connectivity index (χ2v) is 6.24. The van der Waals surface area contributed by atoms with Crippen molar-refractivity contribution in [1.82, 2.24) is 15.1 Å². The first-order valence-corrected chi connectivity index (χ1v) is 7.99. The molecule has 1 aromatic carbocycles. The van der Waals surface area contributed by atoms with Crippen molar-refractivity contribution in [2.45, 2.75) is 26.6 Å². The van der Waals surface area contributed by atoms with E-state index in [0.717, 1.165) is 55.3 Å². The number of aromatic nitrogens is 2. The van der Waals surface area contributed by atoms with E-state index in [9.17, 15) is 13.2 Å². The van der Waals surface area contributed by atoms with Gasteiger partial charge in [0.15, 0.2) is 0 Å². The van der Waals surface area contributed by atoms with Crippen LogP contribution in [-0.2, 0) is 12.7 Å². The average molecular weight is 338 g/mol. The van der Waals surface area contributed by atoms with Gasteiger partial charge in [0.2, 0.25) is 0 Å². The molecule has 0 unspecified atom stereocenters. The Morgan fingerprint density at radius 2 is 1.67 bits per heavy atom. The maximum atomic E-state index is 12.6. The van der Waals surface area contributed by atoms with Crippen molar-refractivity contribution in [2.75, 3.05) is 31.1 Å². The number of nitrogens with one attached hydrogen (secondary N) is 1. The molecule has 0 aliphatic carbocycles. The highest BCUT2D eigenvalue weighted by Gasteiger charge is 2.30. The molecule has 130 valence electrons. The smallest absolute Gasteiger partial charge is 0.366 e. The monoisotopic (exact) mass is 338 g/mol. The zero-order valence-corrected chi connectivity index (χ0v) is 13.8. The highest BCUT2D eigenvalue weighted by Crippen LogP contribution is 2.29. The molecule has 0 amide bonds. The van der Waals surface area contributed by atoms with Crippen LogP contribution in [0, 0.1) is 13.8 Å². The van der Waals surface area contributed by atoms with Crippen molar-refractivity contribution in [1.29, 1.82) is 0 Å². The molecule has 0 saturated carbocycles. The van der Waals surface area contributed by atoms with Crippen LogP contribution in [0.15, 0.2) is 24.3 Å². The lowest BCUT2D eigenvalue weighted by atomic mass is 10.1. The van der Waals surface area contributed by atoms with Crippen LogP contribution in [0.5, 0.6) is 0 Å². The van der Waals surface area contributed by atoms with E-state index in [4.69, 9.17) is 0 Å². The molecule has 2 heterocycles. The van der Waals surface area contributed by atoms with Gasteiger partial charge in [-0.3, -0.25) is 10.00 Å². The summed E-state index contributed by atoms with van der Waals surface area (Å²) >= 11 is 0. The summed E-state index contributed by atoms with van der Waals surface area (Å²) in [6, 6.07) is 5.45. The van der Waals surface area contributed by atoms with Crippen LogP contribution in [0.4, 0.5) is 18.9 Å². The molecule has 0 radical (unpaired) electrons. The molecule has 0 spiro atoms. The van der Waals surface area contributed by atoms with Crippen molar-refractivity contribution in [3.8, 4) is 0 Å². The molecule has 7 heteroatoms. The minimum Gasteiger partial charge on any atom is -0.366 e. The molecule has 0 bridgehead atoms. The Kier molecular flexibility index (Phi) is 4.54. The van der Waals surface area contributed by atoms with Gasteiger partial charge in [0.05, 0.1) is 22.6 Å². The summed E-state index contributed by atoms with van der Waals surface area (Å²) in [5.74, 6) is 0. The third kappa shape index (κ3) is 3.56. The lowest BCUT2D eigenvalue weighted by Crippen LogP contribution is -2.46. The summed E-state index contributed by atoms with van der Waals surface area (Å²) in [5, 5.41) is 7.24. The standard InChI is InChI=1S/C17H21F3N4/c1-12-16(13(2)22-21-12)24-9-7-23(8-10-24)11-14-3-5-15(6-4-14)17(18,19)20/h3-6H,7-11H2,1-2H3,(H,21,22). The number of anilines is 1. The fraction of sp³-hybridized carbons (Fsp3) is 0.471. The number of alkyl halides is 3. The van der Waals surface area contributed by atoms with Crippen LogP contribution >= 0.6 is 0 Å². The topological polar surface area (TPSA) is 35.2 Å². The molecule has 0 atom stereocenters. The van der Waals surface area contributed by atoms with Crippen molar-refractivity contribution in [3.05, 3.63) is 46.8 Å². The van der Waals surface area contributed by atoms with Crippen LogP contribution < -0.4 is 4.90 Å². The van der Waals surface area contributed by atoms with Gasteiger partial charge in [0.1, 0.15) is 0 Å². The number of piperazine rings is 1. The Bertz CT molecular complexity index is 663. The third-order valence-corrected chi connectivity index (χ3v) is 4.47. The van der Waals surface area contributed by atoms with Crippen molar-refractivity contribution in [3.63, 3.8) is 0 Å². The third-order valence-electron chi connectivity index (χ3n) is 4.47. The van der Waals surface area contributed by atoms with Gasteiger partial charge in [-0.15, -0.1) is 0 Å². The summed E-state index contributed by atoms with van der Waals surface area (Å²) < 4.78 is 37.8. The highest BCUT2D eigenvalue weighted by molar-refractivity contribution is 5.54. The number of H-pyrrole nitrogens is 1. The van der Waals surface area contributed by atoms with Gasteiger partial charge in [-0.05, 0) is 31.5 Å². The fourth-order valence-corrected chi connectivity index (χ4v) is 3.20. The summed E-state index contributed by atoms with van der Waals surface area (Å²) in [6.07, 6.45) is -4.27. The maximum Gasteiger partial charge on any atom is 0.416 e. The first kappa shape index (κ1) is 16.8. The number of aromatic amines is 1. The number of halogens is 3. The summed E-state index contributed by atoms with van der Waals surface area (Å²) in [6.45, 7) is 8.23. The van der Waals surface area contributed by atoms with Crippen molar-refractivity contribution >= 4 is 5.69 Å². The lowest BCUT2D eigenvalue weighted by molar-refractivity contribution is -0.137. The Morgan fingerprint density at radius 3 is 2.17 bits per heavy atom. The largest absolute Gasteiger partial charge is 0.416 e. The molecular weight excluding hydrogens is 317 g/mol. The van der Waals surface area contributed by atoms with E-state index in [1.807, 2.05) is 13.8 Å². The summed E-state index contributed by atoms with van der Waals surface area (Å²) in [7, 11) is 0.